The predicted molar refractivity (Wildman–Crippen MR) is 111 cm³/mol. The average Bonchev–Trinajstić information content (AvgIpc) is 3.57. The lowest BCUT2D eigenvalue weighted by Crippen LogP contribution is -2.41. The van der Waals surface area contributed by atoms with Crippen LogP contribution in [0, 0.1) is 12.7 Å². The van der Waals surface area contributed by atoms with Gasteiger partial charge in [-0.25, -0.2) is 19.3 Å². The number of pyridine rings is 1. The van der Waals surface area contributed by atoms with Gasteiger partial charge in [0, 0.05) is 24.9 Å². The highest BCUT2D eigenvalue weighted by molar-refractivity contribution is 5.90. The minimum Gasteiger partial charge on any atom is -0.438 e. The highest BCUT2D eigenvalue weighted by Gasteiger charge is 2.39. The number of H-pyrrole nitrogens is 1. The largest absolute Gasteiger partial charge is 0.438 e. The Balaban J connectivity index is 1.40. The maximum atomic E-state index is 14.1. The number of nitrogens with one attached hydrogen (secondary N) is 1. The minimum absolute atomic E-state index is 0.122. The molecule has 164 valence electrons. The second-order valence-electron chi connectivity index (χ2n) is 7.69. The maximum Gasteiger partial charge on any atom is 0.312 e. The number of carbonyl (C=O) groups is 1. The van der Waals surface area contributed by atoms with Crippen molar-refractivity contribution in [3.8, 4) is 11.6 Å². The van der Waals surface area contributed by atoms with E-state index in [1.807, 2.05) is 25.1 Å². The van der Waals surface area contributed by atoms with Crippen molar-refractivity contribution < 1.29 is 18.0 Å². The van der Waals surface area contributed by atoms with Crippen molar-refractivity contribution in [1.29, 1.82) is 0 Å². The van der Waals surface area contributed by atoms with E-state index < -0.39 is 17.8 Å². The molecule has 1 amide bonds. The lowest BCUT2D eigenvalue weighted by atomic mass is 10.0. The number of benzene rings is 1. The predicted octanol–water partition coefficient (Wildman–Crippen LogP) is 3.23. The number of aromatic nitrogens is 6. The van der Waals surface area contributed by atoms with Gasteiger partial charge in [0.2, 0.25) is 5.89 Å². The van der Waals surface area contributed by atoms with Crippen LogP contribution in [0.15, 0.2) is 51.7 Å². The van der Waals surface area contributed by atoms with Gasteiger partial charge in [0.15, 0.2) is 23.1 Å². The first kappa shape index (κ1) is 19.3. The van der Waals surface area contributed by atoms with Crippen molar-refractivity contribution >= 4 is 17.0 Å². The number of hydrogen-bond acceptors (Lipinski definition) is 8. The van der Waals surface area contributed by atoms with E-state index in [4.69, 9.17) is 8.83 Å². The average molecular weight is 445 g/mol. The third-order valence-electron chi connectivity index (χ3n) is 5.55. The van der Waals surface area contributed by atoms with E-state index in [9.17, 15) is 9.18 Å². The highest BCUT2D eigenvalue weighted by atomic mass is 19.1. The van der Waals surface area contributed by atoms with Gasteiger partial charge in [0.25, 0.3) is 5.89 Å². The Morgan fingerprint density at radius 3 is 3.00 bits per heavy atom. The van der Waals surface area contributed by atoms with Gasteiger partial charge in [0.05, 0.1) is 12.0 Å². The molecule has 11 heteroatoms. The number of nitrogens with zero attached hydrogens (tertiary/aromatic N) is 6. The van der Waals surface area contributed by atoms with Crippen molar-refractivity contribution in [2.45, 2.75) is 19.4 Å². The summed E-state index contributed by atoms with van der Waals surface area (Å²) >= 11 is 0. The molecule has 0 unspecified atom stereocenters. The Bertz CT molecular complexity index is 1500. The van der Waals surface area contributed by atoms with E-state index >= 15 is 0 Å². The molecule has 0 radical (unpaired) electrons. The highest BCUT2D eigenvalue weighted by Crippen LogP contribution is 2.35. The van der Waals surface area contributed by atoms with Crippen LogP contribution in [-0.2, 0) is 6.42 Å². The fraction of sp³-hybridized carbons (Fsp3) is 0.182. The molecule has 6 rings (SSSR count). The number of imidazole rings is 1. The van der Waals surface area contributed by atoms with Crippen LogP contribution in [0.4, 0.5) is 4.39 Å². The van der Waals surface area contributed by atoms with Crippen LogP contribution in [0.25, 0.3) is 22.7 Å². The van der Waals surface area contributed by atoms with E-state index in [1.54, 1.807) is 6.33 Å². The van der Waals surface area contributed by atoms with Gasteiger partial charge >= 0.3 is 11.8 Å². The molecule has 5 aromatic rings. The van der Waals surface area contributed by atoms with Gasteiger partial charge in [-0.05, 0) is 36.8 Å². The zero-order valence-corrected chi connectivity index (χ0v) is 17.3. The third-order valence-corrected chi connectivity index (χ3v) is 5.55. The van der Waals surface area contributed by atoms with Gasteiger partial charge in [-0.3, -0.25) is 4.79 Å². The van der Waals surface area contributed by atoms with Crippen LogP contribution in [0.1, 0.15) is 39.6 Å². The topological polar surface area (TPSA) is 127 Å². The Kier molecular flexibility index (Phi) is 4.28. The zero-order valence-electron chi connectivity index (χ0n) is 17.3. The molecule has 33 heavy (non-hydrogen) atoms. The summed E-state index contributed by atoms with van der Waals surface area (Å²) in [7, 11) is 0. The molecular formula is C22H16FN7O3. The standard InChI is InChI=1S/C22H16FN7O3/c1-11-4-5-13-15(9-11)32-20(27-13)18-17-14(25-10-26-17)6-8-30(18)22(31)21-29-28-19(33-21)16-12(23)3-2-7-24-16/h2-5,7,9-10,18H,6,8H2,1H3,(H,25,26)/t18-/m0/s1. The van der Waals surface area contributed by atoms with Gasteiger partial charge in [0.1, 0.15) is 5.52 Å². The molecule has 1 aliphatic rings. The van der Waals surface area contributed by atoms with Gasteiger partial charge < -0.3 is 18.7 Å². The van der Waals surface area contributed by atoms with Crippen molar-refractivity contribution in [3.63, 3.8) is 0 Å². The molecule has 0 saturated carbocycles. The summed E-state index contributed by atoms with van der Waals surface area (Å²) in [6.07, 6.45) is 3.53. The number of rotatable bonds is 3. The molecule has 1 N–H and O–H groups in total. The number of halogens is 1. The smallest absolute Gasteiger partial charge is 0.312 e. The van der Waals surface area contributed by atoms with Crippen molar-refractivity contribution in [2.24, 2.45) is 0 Å². The summed E-state index contributed by atoms with van der Waals surface area (Å²) in [5.74, 6) is -1.30. The lowest BCUT2D eigenvalue weighted by Gasteiger charge is -2.31. The molecule has 10 nitrogen and oxygen atoms in total. The molecule has 0 saturated heterocycles. The number of oxazole rings is 1. The van der Waals surface area contributed by atoms with Crippen molar-refractivity contribution in [2.75, 3.05) is 6.54 Å². The molecule has 1 atom stereocenters. The molecule has 4 aromatic heterocycles. The normalized spacial score (nSPS) is 15.7. The molecule has 0 spiro atoms. The minimum atomic E-state index is -0.692. The number of aromatic amines is 1. The third kappa shape index (κ3) is 3.16. The molecule has 0 aliphatic carbocycles. The fourth-order valence-electron chi connectivity index (χ4n) is 3.98. The van der Waals surface area contributed by atoms with Crippen LogP contribution < -0.4 is 0 Å². The summed E-state index contributed by atoms with van der Waals surface area (Å²) < 4.78 is 25.6. The second-order valence-corrected chi connectivity index (χ2v) is 7.69. The van der Waals surface area contributed by atoms with Crippen LogP contribution in [0.2, 0.25) is 0 Å². The van der Waals surface area contributed by atoms with Crippen LogP contribution in [0.5, 0.6) is 0 Å². The molecule has 1 aromatic carbocycles. The summed E-state index contributed by atoms with van der Waals surface area (Å²) in [4.78, 5) is 31.0. The van der Waals surface area contributed by atoms with E-state index in [-0.39, 0.29) is 17.5 Å². The van der Waals surface area contributed by atoms with Crippen molar-refractivity contribution in [3.05, 3.63) is 77.4 Å². The fourth-order valence-corrected chi connectivity index (χ4v) is 3.98. The number of aryl methyl sites for hydroxylation is 1. The number of carbonyl (C=O) groups excluding carboxylic acids is 1. The quantitative estimate of drug-likeness (QED) is 0.448. The molecular weight excluding hydrogens is 429 g/mol. The zero-order chi connectivity index (χ0) is 22.5. The van der Waals surface area contributed by atoms with E-state index in [0.29, 0.717) is 35.6 Å². The van der Waals surface area contributed by atoms with Gasteiger partial charge in [-0.1, -0.05) is 6.07 Å². The summed E-state index contributed by atoms with van der Waals surface area (Å²) in [5.41, 5.74) is 3.73. The van der Waals surface area contributed by atoms with Crippen LogP contribution in [0.3, 0.4) is 0 Å². The second kappa shape index (κ2) is 7.33. The van der Waals surface area contributed by atoms with E-state index in [2.05, 4.69) is 30.1 Å². The molecule has 5 heterocycles. The van der Waals surface area contributed by atoms with E-state index in [1.165, 1.54) is 23.2 Å². The monoisotopic (exact) mass is 445 g/mol. The van der Waals surface area contributed by atoms with Crippen molar-refractivity contribution in [1.82, 2.24) is 35.0 Å². The SMILES string of the molecule is Cc1ccc2nc([C@@H]3c4nc[nH]c4CCN3C(=O)c3nnc(-c4ncccc4F)o3)oc2c1. The first-order valence-electron chi connectivity index (χ1n) is 10.2. The lowest BCUT2D eigenvalue weighted by molar-refractivity contribution is 0.0627. The Morgan fingerprint density at radius 1 is 1.21 bits per heavy atom. The number of hydrogen-bond donors (Lipinski definition) is 1. The maximum absolute atomic E-state index is 14.1. The number of amides is 1. The first-order valence-corrected chi connectivity index (χ1v) is 10.2. The van der Waals surface area contributed by atoms with Gasteiger partial charge in [-0.2, -0.15) is 0 Å². The van der Waals surface area contributed by atoms with Gasteiger partial charge in [-0.15, -0.1) is 10.2 Å². The van der Waals surface area contributed by atoms with Crippen LogP contribution >= 0.6 is 0 Å². The summed E-state index contributed by atoms with van der Waals surface area (Å²) in [6, 6.07) is 7.67. The Morgan fingerprint density at radius 2 is 2.12 bits per heavy atom. The summed E-state index contributed by atoms with van der Waals surface area (Å²) in [5, 5.41) is 7.65. The number of fused-ring (bicyclic) bond motifs is 2. The molecule has 0 bridgehead atoms. The Hall–Kier alpha value is -4.41. The Labute approximate surface area is 185 Å². The van der Waals surface area contributed by atoms with Crippen LogP contribution in [-0.4, -0.2) is 47.5 Å². The molecule has 0 fully saturated rings. The molecule has 1 aliphatic heterocycles. The first-order chi connectivity index (χ1) is 16.1. The summed E-state index contributed by atoms with van der Waals surface area (Å²) in [6.45, 7) is 2.30. The van der Waals surface area contributed by atoms with E-state index in [0.717, 1.165) is 11.3 Å².